The Bertz CT molecular complexity index is 878. The molecule has 1 aliphatic rings. The summed E-state index contributed by atoms with van der Waals surface area (Å²) >= 11 is 7.68. The Morgan fingerprint density at radius 2 is 2.24 bits per heavy atom. The molecule has 0 N–H and O–H groups in total. The Morgan fingerprint density at radius 3 is 3.04 bits per heavy atom. The van der Waals surface area contributed by atoms with Gasteiger partial charge in [-0.3, -0.25) is 4.79 Å². The highest BCUT2D eigenvalue weighted by Crippen LogP contribution is 2.28. The standard InChI is InChI=1S/C18H16ClN3O2S/c19-14-4-1-3-12(7-14)10-22-11-13(8-17(22)23)18-20-16(24-21-18)9-15-5-2-6-25-15/h1-7,13H,8-11H2. The van der Waals surface area contributed by atoms with Gasteiger partial charge >= 0.3 is 0 Å². The predicted molar refractivity (Wildman–Crippen MR) is 95.7 cm³/mol. The lowest BCUT2D eigenvalue weighted by Gasteiger charge is -2.16. The summed E-state index contributed by atoms with van der Waals surface area (Å²) in [6.45, 7) is 1.15. The zero-order valence-electron chi connectivity index (χ0n) is 13.4. The molecule has 1 amide bonds. The van der Waals surface area contributed by atoms with Gasteiger partial charge in [0, 0.05) is 35.3 Å². The van der Waals surface area contributed by atoms with Crippen molar-refractivity contribution in [1.29, 1.82) is 0 Å². The van der Waals surface area contributed by atoms with Crippen molar-refractivity contribution >= 4 is 28.8 Å². The third-order valence-electron chi connectivity index (χ3n) is 4.23. The second-order valence-corrected chi connectivity index (χ2v) is 7.58. The summed E-state index contributed by atoms with van der Waals surface area (Å²) in [5.74, 6) is 1.30. The molecule has 0 bridgehead atoms. The minimum Gasteiger partial charge on any atom is -0.339 e. The maximum Gasteiger partial charge on any atom is 0.231 e. The van der Waals surface area contributed by atoms with Crippen LogP contribution in [0.4, 0.5) is 0 Å². The van der Waals surface area contributed by atoms with Crippen LogP contribution in [-0.2, 0) is 17.8 Å². The Labute approximate surface area is 154 Å². The second kappa shape index (κ2) is 6.98. The molecular formula is C18H16ClN3O2S. The highest BCUT2D eigenvalue weighted by atomic mass is 35.5. The van der Waals surface area contributed by atoms with Crippen molar-refractivity contribution in [3.05, 3.63) is 69.0 Å². The Balaban J connectivity index is 1.42. The molecule has 1 aliphatic heterocycles. The van der Waals surface area contributed by atoms with Crippen LogP contribution in [0.25, 0.3) is 0 Å². The van der Waals surface area contributed by atoms with Crippen molar-refractivity contribution in [2.75, 3.05) is 6.54 Å². The fourth-order valence-corrected chi connectivity index (χ4v) is 3.93. The van der Waals surface area contributed by atoms with Gasteiger partial charge in [0.25, 0.3) is 0 Å². The summed E-state index contributed by atoms with van der Waals surface area (Å²) < 4.78 is 5.35. The van der Waals surface area contributed by atoms with Gasteiger partial charge in [0.05, 0.1) is 6.42 Å². The molecule has 0 saturated carbocycles. The Kier molecular flexibility index (Phi) is 4.55. The third kappa shape index (κ3) is 3.75. The van der Waals surface area contributed by atoms with Crippen molar-refractivity contribution in [2.24, 2.45) is 0 Å². The van der Waals surface area contributed by atoms with E-state index in [4.69, 9.17) is 16.1 Å². The van der Waals surface area contributed by atoms with E-state index in [0.29, 0.717) is 42.7 Å². The molecule has 4 rings (SSSR count). The number of amides is 1. The largest absolute Gasteiger partial charge is 0.339 e. The third-order valence-corrected chi connectivity index (χ3v) is 5.34. The van der Waals surface area contributed by atoms with Crippen molar-refractivity contribution < 1.29 is 9.32 Å². The fourth-order valence-electron chi connectivity index (χ4n) is 3.02. The lowest BCUT2D eigenvalue weighted by atomic mass is 10.1. The van der Waals surface area contributed by atoms with E-state index in [9.17, 15) is 4.79 Å². The molecule has 3 aromatic rings. The molecule has 1 aromatic carbocycles. The summed E-state index contributed by atoms with van der Waals surface area (Å²) in [5, 5.41) is 6.79. The highest BCUT2D eigenvalue weighted by molar-refractivity contribution is 7.09. The van der Waals surface area contributed by atoms with Crippen LogP contribution in [-0.4, -0.2) is 27.5 Å². The summed E-state index contributed by atoms with van der Waals surface area (Å²) in [5.41, 5.74) is 1.02. The Hall–Kier alpha value is -2.18. The molecule has 0 radical (unpaired) electrons. The van der Waals surface area contributed by atoms with E-state index in [0.717, 1.165) is 5.56 Å². The van der Waals surface area contributed by atoms with Crippen LogP contribution in [0.1, 0.15) is 34.5 Å². The zero-order chi connectivity index (χ0) is 17.2. The summed E-state index contributed by atoms with van der Waals surface area (Å²) in [6.07, 6.45) is 1.05. The maximum absolute atomic E-state index is 12.3. The quantitative estimate of drug-likeness (QED) is 0.680. The Morgan fingerprint density at radius 1 is 1.32 bits per heavy atom. The molecule has 7 heteroatoms. The first kappa shape index (κ1) is 16.3. The molecule has 5 nitrogen and oxygen atoms in total. The first-order chi connectivity index (χ1) is 12.2. The number of likely N-dealkylation sites (tertiary alicyclic amines) is 1. The van der Waals surface area contributed by atoms with Gasteiger partial charge in [0.15, 0.2) is 5.82 Å². The number of aromatic nitrogens is 2. The van der Waals surface area contributed by atoms with Crippen LogP contribution in [0, 0.1) is 0 Å². The first-order valence-corrected chi connectivity index (χ1v) is 9.30. The topological polar surface area (TPSA) is 59.2 Å². The molecule has 0 spiro atoms. The van der Waals surface area contributed by atoms with E-state index in [1.807, 2.05) is 46.7 Å². The fraction of sp³-hybridized carbons (Fsp3) is 0.278. The van der Waals surface area contributed by atoms with Crippen LogP contribution in [0.5, 0.6) is 0 Å². The number of hydrogen-bond acceptors (Lipinski definition) is 5. The predicted octanol–water partition coefficient (Wildman–Crippen LogP) is 3.89. The van der Waals surface area contributed by atoms with Crippen molar-refractivity contribution in [3.63, 3.8) is 0 Å². The first-order valence-electron chi connectivity index (χ1n) is 8.04. The lowest BCUT2D eigenvalue weighted by Crippen LogP contribution is -2.24. The monoisotopic (exact) mass is 373 g/mol. The zero-order valence-corrected chi connectivity index (χ0v) is 15.0. The number of carbonyl (C=O) groups is 1. The van der Waals surface area contributed by atoms with E-state index >= 15 is 0 Å². The molecular weight excluding hydrogens is 358 g/mol. The normalized spacial score (nSPS) is 17.4. The molecule has 3 heterocycles. The summed E-state index contributed by atoms with van der Waals surface area (Å²) in [4.78, 5) is 19.8. The SMILES string of the molecule is O=C1CC(c2noc(Cc3cccs3)n2)CN1Cc1cccc(Cl)c1. The van der Waals surface area contributed by atoms with Gasteiger partial charge in [-0.2, -0.15) is 4.98 Å². The van der Waals surface area contributed by atoms with Gasteiger partial charge < -0.3 is 9.42 Å². The van der Waals surface area contributed by atoms with Crippen LogP contribution in [0.15, 0.2) is 46.3 Å². The summed E-state index contributed by atoms with van der Waals surface area (Å²) in [7, 11) is 0. The number of carbonyl (C=O) groups excluding carboxylic acids is 1. The molecule has 1 saturated heterocycles. The van der Waals surface area contributed by atoms with Crippen molar-refractivity contribution in [3.8, 4) is 0 Å². The van der Waals surface area contributed by atoms with Gasteiger partial charge in [-0.25, -0.2) is 0 Å². The molecule has 0 aliphatic carbocycles. The molecule has 128 valence electrons. The second-order valence-electron chi connectivity index (χ2n) is 6.11. The van der Waals surface area contributed by atoms with E-state index in [1.54, 1.807) is 11.3 Å². The van der Waals surface area contributed by atoms with Crippen LogP contribution >= 0.6 is 22.9 Å². The number of benzene rings is 1. The van der Waals surface area contributed by atoms with Gasteiger partial charge in [0.2, 0.25) is 11.8 Å². The van der Waals surface area contributed by atoms with Gasteiger partial charge in [-0.05, 0) is 29.1 Å². The molecule has 1 fully saturated rings. The van der Waals surface area contributed by atoms with Crippen LogP contribution in [0.3, 0.4) is 0 Å². The van der Waals surface area contributed by atoms with Gasteiger partial charge in [0.1, 0.15) is 0 Å². The van der Waals surface area contributed by atoms with Crippen molar-refractivity contribution in [2.45, 2.75) is 25.3 Å². The van der Waals surface area contributed by atoms with Crippen molar-refractivity contribution in [1.82, 2.24) is 15.0 Å². The van der Waals surface area contributed by atoms with E-state index in [2.05, 4.69) is 10.1 Å². The van der Waals surface area contributed by atoms with Gasteiger partial charge in [-0.15, -0.1) is 11.3 Å². The average Bonchev–Trinajstić information content (AvgIpc) is 3.31. The highest BCUT2D eigenvalue weighted by Gasteiger charge is 2.33. The minimum atomic E-state index is -0.0208. The molecule has 25 heavy (non-hydrogen) atoms. The smallest absolute Gasteiger partial charge is 0.231 e. The average molecular weight is 374 g/mol. The molecule has 1 atom stereocenters. The number of nitrogens with zero attached hydrogens (tertiary/aromatic N) is 3. The lowest BCUT2D eigenvalue weighted by molar-refractivity contribution is -0.128. The summed E-state index contributed by atoms with van der Waals surface area (Å²) in [6, 6.07) is 11.6. The molecule has 2 aromatic heterocycles. The van der Waals surface area contributed by atoms with Crippen LogP contribution < -0.4 is 0 Å². The van der Waals surface area contributed by atoms with E-state index in [1.165, 1.54) is 4.88 Å². The minimum absolute atomic E-state index is 0.0208. The maximum atomic E-state index is 12.3. The van der Waals surface area contributed by atoms with Gasteiger partial charge in [-0.1, -0.05) is 35.0 Å². The number of rotatable bonds is 5. The van der Waals surface area contributed by atoms with E-state index in [-0.39, 0.29) is 11.8 Å². The molecule has 1 unspecified atom stereocenters. The van der Waals surface area contributed by atoms with Crippen LogP contribution in [0.2, 0.25) is 5.02 Å². The van der Waals surface area contributed by atoms with E-state index < -0.39 is 0 Å². The number of halogens is 1. The number of hydrogen-bond donors (Lipinski definition) is 0. The number of thiophene rings is 1.